The van der Waals surface area contributed by atoms with Crippen molar-refractivity contribution in [1.29, 1.82) is 0 Å². The summed E-state index contributed by atoms with van der Waals surface area (Å²) >= 11 is 0. The number of H-pyrrole nitrogens is 1. The molecule has 114 valence electrons. The number of nitrogens with zero attached hydrogens (tertiary/aromatic N) is 4. The van der Waals surface area contributed by atoms with Crippen molar-refractivity contribution >= 4 is 11.0 Å². The normalized spacial score (nSPS) is 18.3. The van der Waals surface area contributed by atoms with Crippen LogP contribution in [0.2, 0.25) is 0 Å². The van der Waals surface area contributed by atoms with Crippen LogP contribution in [-0.4, -0.2) is 49.7 Å². The van der Waals surface area contributed by atoms with Crippen LogP contribution in [0.1, 0.15) is 18.2 Å². The van der Waals surface area contributed by atoms with E-state index >= 15 is 0 Å². The summed E-state index contributed by atoms with van der Waals surface area (Å²) in [5.41, 5.74) is 2.81. The number of aliphatic hydroxyl groups is 1. The minimum atomic E-state index is 0.0982. The van der Waals surface area contributed by atoms with Crippen molar-refractivity contribution in [3.63, 3.8) is 0 Å². The molecule has 1 aromatic carbocycles. The molecule has 2 aromatic heterocycles. The molecule has 1 saturated heterocycles. The van der Waals surface area contributed by atoms with Gasteiger partial charge in [0.15, 0.2) is 5.82 Å². The Balaban J connectivity index is 1.66. The van der Waals surface area contributed by atoms with Crippen molar-refractivity contribution in [1.82, 2.24) is 24.7 Å². The van der Waals surface area contributed by atoms with E-state index in [1.54, 1.807) is 6.33 Å². The van der Waals surface area contributed by atoms with Crippen molar-refractivity contribution in [2.75, 3.05) is 19.8 Å². The number of imidazole rings is 1. The van der Waals surface area contributed by atoms with Crippen LogP contribution in [0.25, 0.3) is 22.4 Å². The van der Waals surface area contributed by atoms with Crippen LogP contribution >= 0.6 is 0 Å². The number of fused-ring (bicyclic) bond motifs is 1. The molecule has 3 aromatic rings. The third-order valence-electron chi connectivity index (χ3n) is 4.04. The minimum absolute atomic E-state index is 0.0982. The lowest BCUT2D eigenvalue weighted by Crippen LogP contribution is -2.00. The van der Waals surface area contributed by atoms with Crippen molar-refractivity contribution in [3.8, 4) is 11.4 Å². The van der Waals surface area contributed by atoms with Gasteiger partial charge in [0.05, 0.1) is 30.6 Å². The fourth-order valence-corrected chi connectivity index (χ4v) is 2.82. The second-order valence-corrected chi connectivity index (χ2v) is 5.47. The Hall–Kier alpha value is -2.25. The molecule has 7 nitrogen and oxygen atoms in total. The molecule has 0 radical (unpaired) electrons. The first kappa shape index (κ1) is 13.4. The monoisotopic (exact) mass is 299 g/mol. The molecule has 4 rings (SSSR count). The Kier molecular flexibility index (Phi) is 3.36. The highest BCUT2D eigenvalue weighted by Crippen LogP contribution is 2.25. The number of aliphatic hydroxyl groups excluding tert-OH is 1. The average Bonchev–Trinajstić information content (AvgIpc) is 3.27. The lowest BCUT2D eigenvalue weighted by atomic mass is 10.1. The summed E-state index contributed by atoms with van der Waals surface area (Å²) in [4.78, 5) is 8.96. The fourth-order valence-electron chi connectivity index (χ4n) is 2.82. The van der Waals surface area contributed by atoms with Gasteiger partial charge in [-0.2, -0.15) is 5.10 Å². The minimum Gasteiger partial charge on any atom is -0.395 e. The molecule has 0 amide bonds. The van der Waals surface area contributed by atoms with E-state index in [9.17, 15) is 0 Å². The fraction of sp³-hybridized carbons (Fsp3) is 0.400. The van der Waals surface area contributed by atoms with Crippen molar-refractivity contribution in [3.05, 3.63) is 30.4 Å². The summed E-state index contributed by atoms with van der Waals surface area (Å²) in [6.45, 7) is 2.14. The zero-order chi connectivity index (χ0) is 14.9. The third-order valence-corrected chi connectivity index (χ3v) is 4.04. The van der Waals surface area contributed by atoms with E-state index in [0.717, 1.165) is 35.4 Å². The van der Waals surface area contributed by atoms with Gasteiger partial charge in [-0.3, -0.25) is 5.10 Å². The molecule has 2 N–H and O–H groups in total. The zero-order valence-electron chi connectivity index (χ0n) is 12.1. The van der Waals surface area contributed by atoms with E-state index in [4.69, 9.17) is 9.84 Å². The van der Waals surface area contributed by atoms with E-state index < -0.39 is 0 Å². The first-order valence-corrected chi connectivity index (χ1v) is 7.41. The first-order valence-electron chi connectivity index (χ1n) is 7.41. The summed E-state index contributed by atoms with van der Waals surface area (Å²) in [7, 11) is 0. The highest BCUT2D eigenvalue weighted by atomic mass is 16.5. The molecule has 3 heterocycles. The third kappa shape index (κ3) is 2.28. The average molecular weight is 299 g/mol. The topological polar surface area (TPSA) is 88.8 Å². The van der Waals surface area contributed by atoms with Crippen LogP contribution in [0.15, 0.2) is 24.5 Å². The van der Waals surface area contributed by atoms with Crippen LogP contribution in [0.5, 0.6) is 0 Å². The van der Waals surface area contributed by atoms with Gasteiger partial charge in [0.1, 0.15) is 5.82 Å². The number of aromatic amines is 1. The molecule has 0 saturated carbocycles. The Bertz CT molecular complexity index is 788. The maximum absolute atomic E-state index is 9.05. The maximum Gasteiger partial charge on any atom is 0.181 e. The number of aromatic nitrogens is 5. The Labute approximate surface area is 127 Å². The Morgan fingerprint density at radius 1 is 1.41 bits per heavy atom. The number of hydrogen-bond donors (Lipinski definition) is 2. The summed E-state index contributed by atoms with van der Waals surface area (Å²) in [6, 6.07) is 5.94. The number of hydrogen-bond acceptors (Lipinski definition) is 5. The van der Waals surface area contributed by atoms with Gasteiger partial charge >= 0.3 is 0 Å². The Morgan fingerprint density at radius 3 is 3.18 bits per heavy atom. The SMILES string of the molecule is OCCn1cnc2cc(-c3n[nH]c([C@H]4CCOC4)n3)ccc21. The second kappa shape index (κ2) is 5.51. The zero-order valence-corrected chi connectivity index (χ0v) is 12.1. The molecule has 1 atom stereocenters. The molecule has 1 aliphatic heterocycles. The predicted octanol–water partition coefficient (Wildman–Crippen LogP) is 1.32. The van der Waals surface area contributed by atoms with Gasteiger partial charge in [-0.25, -0.2) is 9.97 Å². The van der Waals surface area contributed by atoms with Gasteiger partial charge in [0.2, 0.25) is 0 Å². The highest BCUT2D eigenvalue weighted by Gasteiger charge is 2.21. The van der Waals surface area contributed by atoms with Crippen LogP contribution < -0.4 is 0 Å². The molecule has 1 fully saturated rings. The maximum atomic E-state index is 9.05. The number of ether oxygens (including phenoxy) is 1. The quantitative estimate of drug-likeness (QED) is 0.758. The Morgan fingerprint density at radius 2 is 2.36 bits per heavy atom. The van der Waals surface area contributed by atoms with Gasteiger partial charge in [-0.05, 0) is 24.6 Å². The molecular formula is C15H17N5O2. The number of nitrogens with one attached hydrogen (secondary N) is 1. The largest absolute Gasteiger partial charge is 0.395 e. The van der Waals surface area contributed by atoms with E-state index in [1.165, 1.54) is 0 Å². The van der Waals surface area contributed by atoms with Crippen LogP contribution in [0.4, 0.5) is 0 Å². The highest BCUT2D eigenvalue weighted by molar-refractivity contribution is 5.80. The summed E-state index contributed by atoms with van der Waals surface area (Å²) < 4.78 is 7.32. The number of benzene rings is 1. The van der Waals surface area contributed by atoms with Crippen molar-refractivity contribution in [2.24, 2.45) is 0 Å². The molecule has 1 aliphatic rings. The predicted molar refractivity (Wildman–Crippen MR) is 80.4 cm³/mol. The van der Waals surface area contributed by atoms with Crippen LogP contribution in [-0.2, 0) is 11.3 Å². The molecule has 0 bridgehead atoms. The second-order valence-electron chi connectivity index (χ2n) is 5.47. The number of rotatable bonds is 4. The van der Waals surface area contributed by atoms with E-state index in [0.29, 0.717) is 24.9 Å². The van der Waals surface area contributed by atoms with Crippen LogP contribution in [0.3, 0.4) is 0 Å². The van der Waals surface area contributed by atoms with Gasteiger partial charge in [0, 0.05) is 24.6 Å². The van der Waals surface area contributed by atoms with Gasteiger partial charge in [-0.1, -0.05) is 0 Å². The van der Waals surface area contributed by atoms with E-state index in [-0.39, 0.29) is 6.61 Å². The van der Waals surface area contributed by atoms with Gasteiger partial charge in [0.25, 0.3) is 0 Å². The first-order chi connectivity index (χ1) is 10.8. The smallest absolute Gasteiger partial charge is 0.181 e. The van der Waals surface area contributed by atoms with Gasteiger partial charge < -0.3 is 14.4 Å². The molecule has 0 spiro atoms. The molecule has 0 unspecified atom stereocenters. The summed E-state index contributed by atoms with van der Waals surface area (Å²) in [6.07, 6.45) is 2.73. The van der Waals surface area contributed by atoms with Crippen molar-refractivity contribution < 1.29 is 9.84 Å². The molecule has 7 heteroatoms. The van der Waals surface area contributed by atoms with E-state index in [2.05, 4.69) is 20.2 Å². The standard InChI is InChI=1S/C15H17N5O2/c21-5-4-20-9-16-12-7-10(1-2-13(12)20)14-17-15(19-18-14)11-3-6-22-8-11/h1-2,7,9,11,21H,3-6,8H2,(H,17,18,19)/t11-/m0/s1. The molecular weight excluding hydrogens is 282 g/mol. The summed E-state index contributed by atoms with van der Waals surface area (Å²) in [5.74, 6) is 1.88. The summed E-state index contributed by atoms with van der Waals surface area (Å²) in [5, 5.41) is 16.4. The lowest BCUT2D eigenvalue weighted by Gasteiger charge is -2.02. The molecule has 22 heavy (non-hydrogen) atoms. The van der Waals surface area contributed by atoms with Crippen LogP contribution in [0, 0.1) is 0 Å². The molecule has 0 aliphatic carbocycles. The lowest BCUT2D eigenvalue weighted by molar-refractivity contribution is 0.193. The van der Waals surface area contributed by atoms with E-state index in [1.807, 2.05) is 22.8 Å². The van der Waals surface area contributed by atoms with Crippen molar-refractivity contribution in [2.45, 2.75) is 18.9 Å². The van der Waals surface area contributed by atoms with Gasteiger partial charge in [-0.15, -0.1) is 0 Å².